The highest BCUT2D eigenvalue weighted by atomic mass is 16.5. The number of hydrogen-bond donors (Lipinski definition) is 0. The van der Waals surface area contributed by atoms with E-state index in [1.54, 1.807) is 12.4 Å². The fourth-order valence-electron chi connectivity index (χ4n) is 4.20. The summed E-state index contributed by atoms with van der Waals surface area (Å²) < 4.78 is 5.96. The highest BCUT2D eigenvalue weighted by Gasteiger charge is 2.33. The van der Waals surface area contributed by atoms with E-state index in [1.165, 1.54) is 0 Å². The molecule has 7 nitrogen and oxygen atoms in total. The second kappa shape index (κ2) is 9.34. The Hall–Kier alpha value is -3.48. The highest BCUT2D eigenvalue weighted by Crippen LogP contribution is 2.37. The minimum absolute atomic E-state index is 0.0123. The number of amides is 1. The lowest BCUT2D eigenvalue weighted by atomic mass is 10.0. The van der Waals surface area contributed by atoms with Gasteiger partial charge in [0.15, 0.2) is 6.61 Å². The van der Waals surface area contributed by atoms with Crippen molar-refractivity contribution in [3.63, 3.8) is 0 Å². The molecule has 7 heteroatoms. The number of aryl methyl sites for hydroxylation is 2. The van der Waals surface area contributed by atoms with Gasteiger partial charge in [0.05, 0.1) is 11.7 Å². The van der Waals surface area contributed by atoms with Crippen LogP contribution >= 0.6 is 0 Å². The number of rotatable bonds is 6. The maximum absolute atomic E-state index is 13.2. The molecule has 1 saturated heterocycles. The number of para-hydroxylation sites is 1. The molecule has 2 aromatic heterocycles. The zero-order chi connectivity index (χ0) is 22.7. The molecule has 1 aliphatic heterocycles. The van der Waals surface area contributed by atoms with Crippen LogP contribution in [0.2, 0.25) is 0 Å². The van der Waals surface area contributed by atoms with Gasteiger partial charge in [0.1, 0.15) is 5.75 Å². The van der Waals surface area contributed by atoms with Crippen molar-refractivity contribution < 1.29 is 9.53 Å². The first-order valence-electron chi connectivity index (χ1n) is 10.9. The molecule has 0 aliphatic carbocycles. The van der Waals surface area contributed by atoms with Crippen molar-refractivity contribution in [3.8, 4) is 16.9 Å². The van der Waals surface area contributed by atoms with E-state index in [0.29, 0.717) is 12.5 Å². The van der Waals surface area contributed by atoms with Crippen molar-refractivity contribution in [3.05, 3.63) is 65.7 Å². The number of likely N-dealkylation sites (tertiary alicyclic amines) is 1. The van der Waals surface area contributed by atoms with Crippen molar-refractivity contribution in [2.24, 2.45) is 0 Å². The Balaban J connectivity index is 1.62. The first-order chi connectivity index (χ1) is 15.5. The molecule has 0 N–H and O–H groups in total. The number of carbonyl (C=O) groups excluding carboxylic acids is 1. The summed E-state index contributed by atoms with van der Waals surface area (Å²) in [7, 11) is 3.84. The monoisotopic (exact) mass is 431 g/mol. The molecule has 3 aromatic rings. The molecular formula is C25H29N5O2. The van der Waals surface area contributed by atoms with Crippen LogP contribution in [-0.2, 0) is 4.79 Å². The Bertz CT molecular complexity index is 1080. The summed E-state index contributed by atoms with van der Waals surface area (Å²) in [5.41, 5.74) is 4.85. The van der Waals surface area contributed by atoms with Crippen LogP contribution in [0.15, 0.2) is 48.9 Å². The lowest BCUT2D eigenvalue weighted by Crippen LogP contribution is -2.35. The molecule has 1 aliphatic rings. The number of hydrogen-bond acceptors (Lipinski definition) is 6. The maximum Gasteiger partial charge on any atom is 0.261 e. The third-order valence-corrected chi connectivity index (χ3v) is 5.83. The summed E-state index contributed by atoms with van der Waals surface area (Å²) in [6.45, 7) is 4.70. The van der Waals surface area contributed by atoms with E-state index < -0.39 is 0 Å². The Morgan fingerprint density at radius 3 is 2.56 bits per heavy atom. The van der Waals surface area contributed by atoms with Gasteiger partial charge in [-0.15, -0.1) is 0 Å². The molecule has 0 saturated carbocycles. The molecule has 0 bridgehead atoms. The van der Waals surface area contributed by atoms with Crippen LogP contribution in [0.3, 0.4) is 0 Å². The standard InChI is InChI=1S/C25H29N5O2/c1-17-7-5-8-18(2)24(17)32-16-22(31)30-14-6-9-21(30)23-20(19-10-12-26-13-11-19)15-27-25(28-23)29(3)4/h5,7-8,10-13,15,21H,6,9,14,16H2,1-4H3. The molecular weight excluding hydrogens is 402 g/mol. The van der Waals surface area contributed by atoms with E-state index >= 15 is 0 Å². The lowest BCUT2D eigenvalue weighted by molar-refractivity contribution is -0.134. The van der Waals surface area contributed by atoms with Gasteiger partial charge in [-0.3, -0.25) is 9.78 Å². The zero-order valence-electron chi connectivity index (χ0n) is 19.1. The number of benzene rings is 1. The van der Waals surface area contributed by atoms with Crippen molar-refractivity contribution in [2.75, 3.05) is 32.1 Å². The lowest BCUT2D eigenvalue weighted by Gasteiger charge is -2.27. The molecule has 1 aromatic carbocycles. The van der Waals surface area contributed by atoms with Gasteiger partial charge < -0.3 is 14.5 Å². The van der Waals surface area contributed by atoms with Gasteiger partial charge in [-0.1, -0.05) is 18.2 Å². The predicted octanol–water partition coefficient (Wildman–Crippen LogP) is 3.96. The molecule has 166 valence electrons. The number of aromatic nitrogens is 3. The van der Waals surface area contributed by atoms with Gasteiger partial charge in [0, 0.05) is 44.8 Å². The van der Waals surface area contributed by atoms with Gasteiger partial charge in [-0.2, -0.15) is 0 Å². The largest absolute Gasteiger partial charge is 0.483 e. The minimum atomic E-state index is -0.117. The van der Waals surface area contributed by atoms with Crippen LogP contribution in [0.5, 0.6) is 5.75 Å². The minimum Gasteiger partial charge on any atom is -0.483 e. The van der Waals surface area contributed by atoms with E-state index in [4.69, 9.17) is 9.72 Å². The fourth-order valence-corrected chi connectivity index (χ4v) is 4.20. The Labute approximate surface area is 189 Å². The number of nitrogens with zero attached hydrogens (tertiary/aromatic N) is 5. The molecule has 4 rings (SSSR count). The third-order valence-electron chi connectivity index (χ3n) is 5.83. The summed E-state index contributed by atoms with van der Waals surface area (Å²) in [5, 5.41) is 0. The first-order valence-corrected chi connectivity index (χ1v) is 10.9. The molecule has 0 radical (unpaired) electrons. The van der Waals surface area contributed by atoms with Crippen molar-refractivity contribution in [1.29, 1.82) is 0 Å². The number of carbonyl (C=O) groups is 1. The predicted molar refractivity (Wildman–Crippen MR) is 125 cm³/mol. The van der Waals surface area contributed by atoms with E-state index in [9.17, 15) is 4.79 Å². The van der Waals surface area contributed by atoms with Crippen LogP contribution in [0.1, 0.15) is 35.7 Å². The Morgan fingerprint density at radius 1 is 1.16 bits per heavy atom. The average molecular weight is 432 g/mol. The molecule has 1 atom stereocenters. The summed E-state index contributed by atoms with van der Waals surface area (Å²) in [4.78, 5) is 30.5. The molecule has 1 unspecified atom stereocenters. The van der Waals surface area contributed by atoms with E-state index in [1.807, 2.05) is 74.3 Å². The van der Waals surface area contributed by atoms with Gasteiger partial charge >= 0.3 is 0 Å². The molecule has 32 heavy (non-hydrogen) atoms. The molecule has 3 heterocycles. The SMILES string of the molecule is Cc1cccc(C)c1OCC(=O)N1CCCC1c1nc(N(C)C)ncc1-c1ccncc1. The average Bonchev–Trinajstić information content (AvgIpc) is 3.29. The maximum atomic E-state index is 13.2. The van der Waals surface area contributed by atoms with Crippen molar-refractivity contribution >= 4 is 11.9 Å². The molecule has 1 fully saturated rings. The second-order valence-electron chi connectivity index (χ2n) is 8.35. The van der Waals surface area contributed by atoms with Crippen LogP contribution in [0.4, 0.5) is 5.95 Å². The summed E-state index contributed by atoms with van der Waals surface area (Å²) in [5.74, 6) is 1.38. The van der Waals surface area contributed by atoms with Crippen LogP contribution < -0.4 is 9.64 Å². The smallest absolute Gasteiger partial charge is 0.261 e. The van der Waals surface area contributed by atoms with E-state index in [-0.39, 0.29) is 18.6 Å². The van der Waals surface area contributed by atoms with Gasteiger partial charge in [-0.05, 0) is 55.5 Å². The molecule has 1 amide bonds. The summed E-state index contributed by atoms with van der Waals surface area (Å²) in [6, 6.07) is 9.76. The topological polar surface area (TPSA) is 71.5 Å². The van der Waals surface area contributed by atoms with Crippen molar-refractivity contribution in [1.82, 2.24) is 19.9 Å². The summed E-state index contributed by atoms with van der Waals surface area (Å²) in [6.07, 6.45) is 7.15. The Morgan fingerprint density at radius 2 is 1.88 bits per heavy atom. The van der Waals surface area contributed by atoms with Crippen LogP contribution in [0.25, 0.3) is 11.1 Å². The number of pyridine rings is 1. The number of anilines is 1. The highest BCUT2D eigenvalue weighted by molar-refractivity contribution is 5.79. The zero-order valence-corrected chi connectivity index (χ0v) is 19.1. The second-order valence-corrected chi connectivity index (χ2v) is 8.35. The van der Waals surface area contributed by atoms with Crippen molar-refractivity contribution in [2.45, 2.75) is 32.7 Å². The van der Waals surface area contributed by atoms with E-state index in [2.05, 4.69) is 9.97 Å². The van der Waals surface area contributed by atoms with Crippen LogP contribution in [0, 0.1) is 13.8 Å². The van der Waals surface area contributed by atoms with Gasteiger partial charge in [-0.25, -0.2) is 9.97 Å². The quantitative estimate of drug-likeness (QED) is 0.588. The van der Waals surface area contributed by atoms with Gasteiger partial charge in [0.25, 0.3) is 5.91 Å². The number of ether oxygens (including phenoxy) is 1. The normalized spacial score (nSPS) is 15.6. The van der Waals surface area contributed by atoms with E-state index in [0.717, 1.165) is 46.5 Å². The van der Waals surface area contributed by atoms with Crippen LogP contribution in [-0.4, -0.2) is 53.0 Å². The molecule has 0 spiro atoms. The summed E-state index contributed by atoms with van der Waals surface area (Å²) >= 11 is 0. The first kappa shape index (κ1) is 21.7. The van der Waals surface area contributed by atoms with Gasteiger partial charge in [0.2, 0.25) is 5.95 Å². The third kappa shape index (κ3) is 4.42. The fraction of sp³-hybridized carbons (Fsp3) is 0.360. The Kier molecular flexibility index (Phi) is 6.35.